The molecule has 0 bridgehead atoms. The molecule has 1 aliphatic rings. The highest BCUT2D eigenvalue weighted by molar-refractivity contribution is 6.31. The molecule has 1 fully saturated rings. The fraction of sp³-hybridized carbons (Fsp3) is 0.692. The molecule has 0 unspecified atom stereocenters. The molecular formula is C13H20ClN3O. The van der Waals surface area contributed by atoms with Crippen molar-refractivity contribution in [2.24, 2.45) is 16.7 Å². The molecule has 1 aromatic rings. The minimum absolute atomic E-state index is 0.337. The summed E-state index contributed by atoms with van der Waals surface area (Å²) in [5, 5.41) is 3.65. The average molecular weight is 270 g/mol. The van der Waals surface area contributed by atoms with Crippen molar-refractivity contribution in [2.75, 3.05) is 19.0 Å². The van der Waals surface area contributed by atoms with E-state index >= 15 is 0 Å². The molecule has 0 aliphatic heterocycles. The van der Waals surface area contributed by atoms with E-state index in [1.807, 2.05) is 0 Å². The predicted octanol–water partition coefficient (Wildman–Crippen LogP) is 3.23. The van der Waals surface area contributed by atoms with E-state index in [9.17, 15) is 0 Å². The fourth-order valence-corrected chi connectivity index (χ4v) is 2.91. The first-order valence-electron chi connectivity index (χ1n) is 6.10. The summed E-state index contributed by atoms with van der Waals surface area (Å²) in [6, 6.07) is 0. The molecular weight excluding hydrogens is 250 g/mol. The Hall–Kier alpha value is -1.03. The number of nitrogens with one attached hydrogen (secondary N) is 1. The lowest BCUT2D eigenvalue weighted by Crippen LogP contribution is -2.10. The molecule has 100 valence electrons. The van der Waals surface area contributed by atoms with E-state index in [1.54, 1.807) is 7.11 Å². The first kappa shape index (κ1) is 13.4. The van der Waals surface area contributed by atoms with Crippen molar-refractivity contribution >= 4 is 17.4 Å². The van der Waals surface area contributed by atoms with Gasteiger partial charge in [0.2, 0.25) is 0 Å². The third kappa shape index (κ3) is 1.92. The lowest BCUT2D eigenvalue weighted by molar-refractivity contribution is 0.412. The molecule has 0 atom stereocenters. The van der Waals surface area contributed by atoms with Crippen LogP contribution in [0.1, 0.15) is 27.7 Å². The van der Waals surface area contributed by atoms with Crippen LogP contribution >= 0.6 is 11.6 Å². The zero-order chi connectivity index (χ0) is 13.6. The van der Waals surface area contributed by atoms with Gasteiger partial charge in [0.15, 0.2) is 16.7 Å². The minimum atomic E-state index is 0.337. The van der Waals surface area contributed by atoms with E-state index in [1.165, 1.54) is 6.33 Å². The van der Waals surface area contributed by atoms with E-state index in [-0.39, 0.29) is 0 Å². The summed E-state index contributed by atoms with van der Waals surface area (Å²) in [6.45, 7) is 10.0. The van der Waals surface area contributed by atoms with Crippen molar-refractivity contribution in [2.45, 2.75) is 27.7 Å². The number of halogens is 1. The van der Waals surface area contributed by atoms with Crippen molar-refractivity contribution in [1.29, 1.82) is 0 Å². The molecule has 1 heterocycles. The second-order valence-corrected chi connectivity index (χ2v) is 6.28. The van der Waals surface area contributed by atoms with Gasteiger partial charge in [-0.25, -0.2) is 9.97 Å². The van der Waals surface area contributed by atoms with Gasteiger partial charge in [-0.05, 0) is 16.7 Å². The van der Waals surface area contributed by atoms with Crippen LogP contribution in [0.15, 0.2) is 6.33 Å². The summed E-state index contributed by atoms with van der Waals surface area (Å²) in [6.07, 6.45) is 1.44. The van der Waals surface area contributed by atoms with E-state index < -0.39 is 0 Å². The number of hydrogen-bond acceptors (Lipinski definition) is 4. The Morgan fingerprint density at radius 3 is 2.39 bits per heavy atom. The van der Waals surface area contributed by atoms with Gasteiger partial charge >= 0.3 is 0 Å². The van der Waals surface area contributed by atoms with E-state index in [0.717, 1.165) is 6.54 Å². The summed E-state index contributed by atoms with van der Waals surface area (Å²) < 4.78 is 5.21. The Morgan fingerprint density at radius 2 is 1.89 bits per heavy atom. The van der Waals surface area contributed by atoms with Gasteiger partial charge in [-0.1, -0.05) is 39.3 Å². The SMILES string of the molecule is COc1c(Cl)ncnc1NCC1C(C)(C)C1(C)C. The van der Waals surface area contributed by atoms with E-state index in [0.29, 0.717) is 33.5 Å². The van der Waals surface area contributed by atoms with E-state index in [2.05, 4.69) is 43.0 Å². The number of ether oxygens (including phenoxy) is 1. The van der Waals surface area contributed by atoms with Crippen molar-refractivity contribution in [3.63, 3.8) is 0 Å². The highest BCUT2D eigenvalue weighted by atomic mass is 35.5. The minimum Gasteiger partial charge on any atom is -0.490 e. The van der Waals surface area contributed by atoms with Crippen LogP contribution < -0.4 is 10.1 Å². The summed E-state index contributed by atoms with van der Waals surface area (Å²) in [5.74, 6) is 1.79. The Bertz CT molecular complexity index is 446. The normalized spacial score (nSPS) is 20.6. The Morgan fingerprint density at radius 1 is 1.28 bits per heavy atom. The molecule has 4 nitrogen and oxygen atoms in total. The summed E-state index contributed by atoms with van der Waals surface area (Å²) >= 11 is 5.96. The van der Waals surface area contributed by atoms with Crippen LogP contribution in [0.4, 0.5) is 5.82 Å². The van der Waals surface area contributed by atoms with Crippen LogP contribution in [0, 0.1) is 16.7 Å². The second-order valence-electron chi connectivity index (χ2n) is 5.92. The standard InChI is InChI=1S/C13H20ClN3O/c1-12(2)8(13(12,3)4)6-15-11-9(18-5)10(14)16-7-17-11/h7-8H,6H2,1-5H3,(H,15,16,17). The molecule has 5 heteroatoms. The quantitative estimate of drug-likeness (QED) is 0.853. The molecule has 0 saturated heterocycles. The number of nitrogens with zero attached hydrogens (tertiary/aromatic N) is 2. The Balaban J connectivity index is 2.07. The summed E-state index contributed by atoms with van der Waals surface area (Å²) in [7, 11) is 1.57. The maximum absolute atomic E-state index is 5.96. The van der Waals surface area contributed by atoms with Crippen LogP contribution in [0.3, 0.4) is 0 Å². The summed E-state index contributed by atoms with van der Waals surface area (Å²) in [4.78, 5) is 8.07. The number of anilines is 1. The zero-order valence-electron chi connectivity index (χ0n) is 11.5. The molecule has 1 N–H and O–H groups in total. The molecule has 0 amide bonds. The van der Waals surface area contributed by atoms with Gasteiger partial charge in [0.05, 0.1) is 7.11 Å². The largest absolute Gasteiger partial charge is 0.490 e. The predicted molar refractivity (Wildman–Crippen MR) is 73.1 cm³/mol. The molecule has 0 spiro atoms. The van der Waals surface area contributed by atoms with Crippen LogP contribution in [0.25, 0.3) is 0 Å². The van der Waals surface area contributed by atoms with Gasteiger partial charge in [0.25, 0.3) is 0 Å². The van der Waals surface area contributed by atoms with Crippen molar-refractivity contribution in [3.05, 3.63) is 11.5 Å². The van der Waals surface area contributed by atoms with Gasteiger partial charge in [-0.2, -0.15) is 0 Å². The topological polar surface area (TPSA) is 47.0 Å². The van der Waals surface area contributed by atoms with Crippen LogP contribution in [-0.2, 0) is 0 Å². The van der Waals surface area contributed by atoms with Gasteiger partial charge in [-0.3, -0.25) is 0 Å². The van der Waals surface area contributed by atoms with Gasteiger partial charge in [0.1, 0.15) is 6.33 Å². The summed E-state index contributed by atoms with van der Waals surface area (Å²) in [5.41, 5.74) is 0.703. The van der Waals surface area contributed by atoms with Crippen LogP contribution in [0.2, 0.25) is 5.15 Å². The number of rotatable bonds is 4. The maximum atomic E-state index is 5.96. The second kappa shape index (κ2) is 4.26. The molecule has 0 aromatic carbocycles. The lowest BCUT2D eigenvalue weighted by atomic mass is 10.0. The van der Waals surface area contributed by atoms with Crippen LogP contribution in [0.5, 0.6) is 5.75 Å². The third-order valence-electron chi connectivity index (χ3n) is 4.76. The molecule has 1 saturated carbocycles. The van der Waals surface area contributed by atoms with Crippen LogP contribution in [-0.4, -0.2) is 23.6 Å². The number of aromatic nitrogens is 2. The number of methoxy groups -OCH3 is 1. The van der Waals surface area contributed by atoms with Crippen molar-refractivity contribution in [3.8, 4) is 5.75 Å². The zero-order valence-corrected chi connectivity index (χ0v) is 12.3. The molecule has 1 aromatic heterocycles. The smallest absolute Gasteiger partial charge is 0.198 e. The molecule has 2 rings (SSSR count). The lowest BCUT2D eigenvalue weighted by Gasteiger charge is -2.11. The fourth-order valence-electron chi connectivity index (χ4n) is 2.70. The Labute approximate surface area is 113 Å². The van der Waals surface area contributed by atoms with Gasteiger partial charge in [0, 0.05) is 6.54 Å². The first-order chi connectivity index (χ1) is 8.32. The molecule has 0 radical (unpaired) electrons. The average Bonchev–Trinajstić information content (AvgIpc) is 2.67. The highest BCUT2D eigenvalue weighted by Crippen LogP contribution is 2.68. The Kier molecular flexibility index (Phi) is 3.18. The molecule has 18 heavy (non-hydrogen) atoms. The van der Waals surface area contributed by atoms with Crippen molar-refractivity contribution in [1.82, 2.24) is 9.97 Å². The third-order valence-corrected chi connectivity index (χ3v) is 5.03. The first-order valence-corrected chi connectivity index (χ1v) is 6.48. The highest BCUT2D eigenvalue weighted by Gasteiger charge is 2.64. The van der Waals surface area contributed by atoms with Crippen molar-refractivity contribution < 1.29 is 4.74 Å². The number of hydrogen-bond donors (Lipinski definition) is 1. The van der Waals surface area contributed by atoms with Gasteiger partial charge in [-0.15, -0.1) is 0 Å². The monoisotopic (exact) mass is 269 g/mol. The maximum Gasteiger partial charge on any atom is 0.198 e. The van der Waals surface area contributed by atoms with E-state index in [4.69, 9.17) is 16.3 Å². The molecule has 1 aliphatic carbocycles. The van der Waals surface area contributed by atoms with Gasteiger partial charge < -0.3 is 10.1 Å².